The van der Waals surface area contributed by atoms with Crippen LogP contribution in [-0.4, -0.2) is 42.8 Å². The Morgan fingerprint density at radius 1 is 1.36 bits per heavy atom. The van der Waals surface area contributed by atoms with Crippen LogP contribution < -0.4 is 20.5 Å². The first-order chi connectivity index (χ1) is 10.6. The van der Waals surface area contributed by atoms with Crippen molar-refractivity contribution in [3.8, 4) is 11.5 Å². The molecule has 1 aromatic rings. The highest BCUT2D eigenvalue weighted by Gasteiger charge is 2.24. The molecule has 0 radical (unpaired) electrons. The maximum atomic E-state index is 11.0. The lowest BCUT2D eigenvalue weighted by Crippen LogP contribution is -2.44. The van der Waals surface area contributed by atoms with E-state index in [9.17, 15) is 4.79 Å². The molecule has 6 heteroatoms. The fraction of sp³-hybridized carbons (Fsp3) is 0.562. The van der Waals surface area contributed by atoms with Crippen molar-refractivity contribution in [2.24, 2.45) is 5.73 Å². The van der Waals surface area contributed by atoms with Gasteiger partial charge in [-0.1, -0.05) is 0 Å². The molecule has 0 aromatic heterocycles. The molecule has 1 saturated heterocycles. The van der Waals surface area contributed by atoms with Crippen LogP contribution in [0.2, 0.25) is 0 Å². The van der Waals surface area contributed by atoms with Crippen LogP contribution in [0.3, 0.4) is 0 Å². The minimum Gasteiger partial charge on any atom is -0.454 e. The quantitative estimate of drug-likeness (QED) is 0.863. The zero-order valence-corrected chi connectivity index (χ0v) is 12.9. The van der Waals surface area contributed by atoms with Gasteiger partial charge >= 0.3 is 0 Å². The Morgan fingerprint density at radius 3 is 2.82 bits per heavy atom. The molecule has 3 N–H and O–H groups in total. The number of nitrogens with zero attached hydrogens (tertiary/aromatic N) is 1. The zero-order valence-electron chi connectivity index (χ0n) is 12.9. The molecule has 1 aromatic carbocycles. The van der Waals surface area contributed by atoms with E-state index in [1.807, 2.05) is 18.2 Å². The van der Waals surface area contributed by atoms with E-state index in [2.05, 4.69) is 17.1 Å². The molecule has 3 rings (SSSR count). The van der Waals surface area contributed by atoms with Crippen molar-refractivity contribution in [3.63, 3.8) is 0 Å². The number of hydrogen-bond donors (Lipinski definition) is 2. The number of nitrogens with one attached hydrogen (secondary N) is 1. The number of carbonyl (C=O) groups excluding carboxylic acids is 1. The molecular formula is C16H23N3O3. The van der Waals surface area contributed by atoms with Crippen LogP contribution in [-0.2, 0) is 4.79 Å². The Morgan fingerprint density at radius 2 is 2.09 bits per heavy atom. The molecule has 0 spiro atoms. The summed E-state index contributed by atoms with van der Waals surface area (Å²) in [6, 6.07) is 6.62. The van der Waals surface area contributed by atoms with Crippen LogP contribution in [0.5, 0.6) is 11.5 Å². The summed E-state index contributed by atoms with van der Waals surface area (Å²) < 4.78 is 10.7. The predicted molar refractivity (Wildman–Crippen MR) is 84.1 cm³/mol. The second-order valence-electron chi connectivity index (χ2n) is 6.04. The molecule has 0 bridgehead atoms. The predicted octanol–water partition coefficient (Wildman–Crippen LogP) is 1.56. The van der Waals surface area contributed by atoms with Crippen LogP contribution in [0.15, 0.2) is 18.2 Å². The van der Waals surface area contributed by atoms with Gasteiger partial charge in [0.25, 0.3) is 0 Å². The van der Waals surface area contributed by atoms with E-state index in [1.54, 1.807) is 0 Å². The highest BCUT2D eigenvalue weighted by Crippen LogP contribution is 2.34. The van der Waals surface area contributed by atoms with Crippen molar-refractivity contribution in [3.05, 3.63) is 18.2 Å². The minimum absolute atomic E-state index is 0.226. The maximum absolute atomic E-state index is 11.0. The number of amides is 1. The normalized spacial score (nSPS) is 19.9. The Hall–Kier alpha value is -1.95. The second-order valence-corrected chi connectivity index (χ2v) is 6.04. The number of anilines is 1. The van der Waals surface area contributed by atoms with Gasteiger partial charge in [-0.25, -0.2) is 0 Å². The van der Waals surface area contributed by atoms with E-state index in [0.29, 0.717) is 19.3 Å². The van der Waals surface area contributed by atoms with Gasteiger partial charge in [0.2, 0.25) is 12.7 Å². The third-order valence-electron chi connectivity index (χ3n) is 4.39. The standard InChI is InChI=1S/C16H23N3O3/c1-11(8-16(17)20)19-6-4-12(5-7-19)18-13-2-3-14-15(9-13)22-10-21-14/h2-3,9,11-12,18H,4-8,10H2,1H3,(H2,17,20)/t11-/m1/s1. The third kappa shape index (κ3) is 3.44. The number of ether oxygens (including phenoxy) is 2. The number of hydrogen-bond acceptors (Lipinski definition) is 5. The summed E-state index contributed by atoms with van der Waals surface area (Å²) in [7, 11) is 0. The van der Waals surface area contributed by atoms with Gasteiger partial charge in [0.1, 0.15) is 0 Å². The molecule has 0 saturated carbocycles. The van der Waals surface area contributed by atoms with Crippen molar-refractivity contribution in [2.75, 3.05) is 25.2 Å². The Balaban J connectivity index is 1.50. The van der Waals surface area contributed by atoms with Gasteiger partial charge in [-0.15, -0.1) is 0 Å². The van der Waals surface area contributed by atoms with Crippen molar-refractivity contribution < 1.29 is 14.3 Å². The minimum atomic E-state index is -0.229. The molecule has 22 heavy (non-hydrogen) atoms. The van der Waals surface area contributed by atoms with E-state index in [1.165, 1.54) is 0 Å². The number of primary amides is 1. The van der Waals surface area contributed by atoms with Gasteiger partial charge in [-0.2, -0.15) is 0 Å². The summed E-state index contributed by atoms with van der Waals surface area (Å²) in [4.78, 5) is 13.3. The number of benzene rings is 1. The van der Waals surface area contributed by atoms with E-state index in [4.69, 9.17) is 15.2 Å². The van der Waals surface area contributed by atoms with E-state index in [-0.39, 0.29) is 11.9 Å². The molecule has 2 aliphatic rings. The summed E-state index contributed by atoms with van der Waals surface area (Å²) in [5.41, 5.74) is 6.34. The first-order valence-corrected chi connectivity index (χ1v) is 7.80. The summed E-state index contributed by atoms with van der Waals surface area (Å²) in [5.74, 6) is 1.38. The largest absolute Gasteiger partial charge is 0.454 e. The topological polar surface area (TPSA) is 76.8 Å². The molecule has 2 aliphatic heterocycles. The molecule has 0 unspecified atom stereocenters. The second kappa shape index (κ2) is 6.44. The van der Waals surface area contributed by atoms with Crippen LogP contribution in [0.4, 0.5) is 5.69 Å². The van der Waals surface area contributed by atoms with Gasteiger partial charge in [0.15, 0.2) is 11.5 Å². The molecule has 1 fully saturated rings. The van der Waals surface area contributed by atoms with Crippen LogP contribution in [0.1, 0.15) is 26.2 Å². The van der Waals surface area contributed by atoms with Crippen molar-refractivity contribution >= 4 is 11.6 Å². The monoisotopic (exact) mass is 305 g/mol. The molecule has 1 atom stereocenters. The van der Waals surface area contributed by atoms with E-state index < -0.39 is 0 Å². The molecule has 1 amide bonds. The van der Waals surface area contributed by atoms with Crippen molar-refractivity contribution in [1.82, 2.24) is 4.90 Å². The molecule has 6 nitrogen and oxygen atoms in total. The molecular weight excluding hydrogens is 282 g/mol. The Kier molecular flexibility index (Phi) is 4.38. The fourth-order valence-electron chi connectivity index (χ4n) is 3.13. The lowest BCUT2D eigenvalue weighted by Gasteiger charge is -2.36. The number of likely N-dealkylation sites (tertiary alicyclic amines) is 1. The van der Waals surface area contributed by atoms with Gasteiger partial charge in [-0.05, 0) is 31.9 Å². The van der Waals surface area contributed by atoms with Gasteiger partial charge in [0.05, 0.1) is 0 Å². The van der Waals surface area contributed by atoms with Crippen LogP contribution in [0, 0.1) is 0 Å². The molecule has 2 heterocycles. The lowest BCUT2D eigenvalue weighted by molar-refractivity contribution is -0.119. The van der Waals surface area contributed by atoms with Crippen LogP contribution in [0.25, 0.3) is 0 Å². The zero-order chi connectivity index (χ0) is 15.5. The number of piperidine rings is 1. The molecule has 0 aliphatic carbocycles. The van der Waals surface area contributed by atoms with E-state index >= 15 is 0 Å². The van der Waals surface area contributed by atoms with Gasteiger partial charge in [-0.3, -0.25) is 9.69 Å². The SMILES string of the molecule is C[C@H](CC(N)=O)N1CCC(Nc2ccc3c(c2)OCO3)CC1. The van der Waals surface area contributed by atoms with Crippen molar-refractivity contribution in [2.45, 2.75) is 38.3 Å². The Labute approximate surface area is 130 Å². The third-order valence-corrected chi connectivity index (χ3v) is 4.39. The van der Waals surface area contributed by atoms with E-state index in [0.717, 1.165) is 43.1 Å². The summed E-state index contributed by atoms with van der Waals surface area (Å²) >= 11 is 0. The fourth-order valence-corrected chi connectivity index (χ4v) is 3.13. The number of carbonyl (C=O) groups is 1. The Bertz CT molecular complexity index is 541. The first-order valence-electron chi connectivity index (χ1n) is 7.80. The lowest BCUT2D eigenvalue weighted by atomic mass is 10.0. The molecule has 120 valence electrons. The maximum Gasteiger partial charge on any atom is 0.231 e. The highest BCUT2D eigenvalue weighted by molar-refractivity contribution is 5.74. The average molecular weight is 305 g/mol. The van der Waals surface area contributed by atoms with Gasteiger partial charge in [0, 0.05) is 43.3 Å². The smallest absolute Gasteiger partial charge is 0.231 e. The summed E-state index contributed by atoms with van der Waals surface area (Å²) in [6.45, 7) is 4.33. The number of rotatable bonds is 5. The average Bonchev–Trinajstić information content (AvgIpc) is 2.95. The number of nitrogens with two attached hydrogens (primary N) is 1. The first kappa shape index (κ1) is 15.0. The number of fused-ring (bicyclic) bond motifs is 1. The summed E-state index contributed by atoms with van der Waals surface area (Å²) in [5, 5.41) is 3.56. The van der Waals surface area contributed by atoms with Crippen LogP contribution >= 0.6 is 0 Å². The van der Waals surface area contributed by atoms with Gasteiger partial charge < -0.3 is 20.5 Å². The van der Waals surface area contributed by atoms with Crippen molar-refractivity contribution in [1.29, 1.82) is 0 Å². The highest BCUT2D eigenvalue weighted by atomic mass is 16.7. The summed E-state index contributed by atoms with van der Waals surface area (Å²) in [6.07, 6.45) is 2.54.